The lowest BCUT2D eigenvalue weighted by Gasteiger charge is -2.10. The van der Waals surface area contributed by atoms with E-state index in [1.165, 1.54) is 22.2 Å². The molecule has 0 aliphatic rings. The number of fused-ring (bicyclic) bond motifs is 1. The molecule has 1 N–H and O–H groups in total. The van der Waals surface area contributed by atoms with Crippen LogP contribution < -0.4 is 10.9 Å². The first-order chi connectivity index (χ1) is 13.7. The first-order valence-electron chi connectivity index (χ1n) is 9.07. The van der Waals surface area contributed by atoms with E-state index in [9.17, 15) is 9.59 Å². The van der Waals surface area contributed by atoms with Crippen molar-refractivity contribution in [3.63, 3.8) is 0 Å². The molecule has 0 saturated carbocycles. The number of nitrogens with zero attached hydrogens (tertiary/aromatic N) is 2. The van der Waals surface area contributed by atoms with E-state index in [0.29, 0.717) is 10.2 Å². The van der Waals surface area contributed by atoms with Crippen molar-refractivity contribution in [2.24, 2.45) is 0 Å². The molecule has 6 heteroatoms. The van der Waals surface area contributed by atoms with Gasteiger partial charge in [-0.05, 0) is 23.6 Å². The minimum atomic E-state index is -0.246. The number of hydrogen-bond acceptors (Lipinski definition) is 4. The first kappa shape index (κ1) is 18.1. The third kappa shape index (κ3) is 3.46. The molecule has 0 radical (unpaired) electrons. The van der Waals surface area contributed by atoms with Crippen LogP contribution in [0.2, 0.25) is 0 Å². The summed E-state index contributed by atoms with van der Waals surface area (Å²) in [6.45, 7) is 1.97. The van der Waals surface area contributed by atoms with Gasteiger partial charge in [0.1, 0.15) is 11.2 Å². The van der Waals surface area contributed by atoms with Gasteiger partial charge in [0.25, 0.3) is 5.56 Å². The number of carbonyl (C=O) groups is 1. The lowest BCUT2D eigenvalue weighted by atomic mass is 10.1. The highest BCUT2D eigenvalue weighted by atomic mass is 32.1. The van der Waals surface area contributed by atoms with Gasteiger partial charge in [-0.1, -0.05) is 55.5 Å². The maximum absolute atomic E-state index is 12.8. The Bertz CT molecular complexity index is 1200. The number of thiophene rings is 1. The Kier molecular flexibility index (Phi) is 5.04. The highest BCUT2D eigenvalue weighted by molar-refractivity contribution is 7.17. The molecule has 1 amide bonds. The molecule has 2 aromatic carbocycles. The summed E-state index contributed by atoms with van der Waals surface area (Å²) in [7, 11) is 0. The summed E-state index contributed by atoms with van der Waals surface area (Å²) in [4.78, 5) is 29.8. The van der Waals surface area contributed by atoms with Gasteiger partial charge >= 0.3 is 0 Å². The molecule has 2 heterocycles. The number of amides is 1. The third-order valence-corrected chi connectivity index (χ3v) is 5.57. The number of anilines is 1. The zero-order valence-corrected chi connectivity index (χ0v) is 16.2. The minimum Gasteiger partial charge on any atom is -0.324 e. The van der Waals surface area contributed by atoms with Crippen molar-refractivity contribution in [1.29, 1.82) is 0 Å². The van der Waals surface area contributed by atoms with Gasteiger partial charge < -0.3 is 5.32 Å². The Labute approximate surface area is 166 Å². The molecule has 4 aromatic rings. The van der Waals surface area contributed by atoms with Crippen molar-refractivity contribution >= 4 is 33.1 Å². The number of benzene rings is 2. The topological polar surface area (TPSA) is 64.0 Å². The van der Waals surface area contributed by atoms with Crippen LogP contribution >= 0.6 is 11.3 Å². The summed E-state index contributed by atoms with van der Waals surface area (Å²) in [5.41, 5.74) is 4.27. The van der Waals surface area contributed by atoms with Crippen LogP contribution in [0.5, 0.6) is 0 Å². The summed E-state index contributed by atoms with van der Waals surface area (Å²) in [6.07, 6.45) is 2.27. The molecule has 0 fully saturated rings. The average Bonchev–Trinajstić information content (AvgIpc) is 3.16. The van der Waals surface area contributed by atoms with Gasteiger partial charge in [-0.2, -0.15) is 0 Å². The SMILES string of the molecule is CCc1ccccc1NC(=O)Cn1cnc2c(-c3ccccc3)csc2c1=O. The predicted molar refractivity (Wildman–Crippen MR) is 114 cm³/mol. The summed E-state index contributed by atoms with van der Waals surface area (Å²) < 4.78 is 1.92. The highest BCUT2D eigenvalue weighted by Gasteiger charge is 2.14. The molecule has 0 atom stereocenters. The molecule has 0 bridgehead atoms. The standard InChI is InChI=1S/C22H19N3O2S/c1-2-15-8-6-7-11-18(15)24-19(26)12-25-14-23-20-17(13-28-21(20)22(25)27)16-9-4-3-5-10-16/h3-11,13-14H,2,12H2,1H3,(H,24,26). The minimum absolute atomic E-state index is 0.0710. The van der Waals surface area contributed by atoms with E-state index < -0.39 is 0 Å². The molecule has 2 aromatic heterocycles. The van der Waals surface area contributed by atoms with Crippen molar-refractivity contribution in [1.82, 2.24) is 9.55 Å². The van der Waals surface area contributed by atoms with E-state index in [2.05, 4.69) is 10.3 Å². The summed E-state index contributed by atoms with van der Waals surface area (Å²) in [5, 5.41) is 4.83. The zero-order chi connectivity index (χ0) is 19.5. The van der Waals surface area contributed by atoms with Gasteiger partial charge in [-0.25, -0.2) is 4.98 Å². The van der Waals surface area contributed by atoms with Crippen molar-refractivity contribution < 1.29 is 4.79 Å². The molecule has 28 heavy (non-hydrogen) atoms. The molecule has 0 aliphatic heterocycles. The number of carbonyl (C=O) groups excluding carboxylic acids is 1. The van der Waals surface area contributed by atoms with Crippen molar-refractivity contribution in [2.45, 2.75) is 19.9 Å². The van der Waals surface area contributed by atoms with Crippen LogP contribution in [0.25, 0.3) is 21.3 Å². The Morgan fingerprint density at radius 1 is 1.11 bits per heavy atom. The van der Waals surface area contributed by atoms with Crippen LogP contribution in [-0.2, 0) is 17.8 Å². The molecular formula is C22H19N3O2S. The molecule has 140 valence electrons. The molecule has 4 rings (SSSR count). The molecule has 0 saturated heterocycles. The van der Waals surface area contributed by atoms with Gasteiger partial charge in [0, 0.05) is 16.6 Å². The Morgan fingerprint density at radius 3 is 2.64 bits per heavy atom. The van der Waals surface area contributed by atoms with Gasteiger partial charge in [-0.15, -0.1) is 11.3 Å². The second-order valence-corrected chi connectivity index (χ2v) is 7.31. The molecular weight excluding hydrogens is 370 g/mol. The van der Waals surface area contributed by atoms with Gasteiger partial charge in [0.15, 0.2) is 0 Å². The van der Waals surface area contributed by atoms with Crippen LogP contribution in [0.3, 0.4) is 0 Å². The van der Waals surface area contributed by atoms with Gasteiger partial charge in [0.2, 0.25) is 5.91 Å². The molecule has 5 nitrogen and oxygen atoms in total. The van der Waals surface area contributed by atoms with Crippen LogP contribution in [0.4, 0.5) is 5.69 Å². The normalized spacial score (nSPS) is 10.9. The molecule has 0 unspecified atom stereocenters. The largest absolute Gasteiger partial charge is 0.324 e. The number of nitrogens with one attached hydrogen (secondary N) is 1. The maximum atomic E-state index is 12.8. The van der Waals surface area contributed by atoms with E-state index >= 15 is 0 Å². The van der Waals surface area contributed by atoms with Crippen molar-refractivity contribution in [3.05, 3.63) is 82.2 Å². The second-order valence-electron chi connectivity index (χ2n) is 6.43. The van der Waals surface area contributed by atoms with Crippen LogP contribution in [0, 0.1) is 0 Å². The second kappa shape index (κ2) is 7.78. The number of para-hydroxylation sites is 1. The van der Waals surface area contributed by atoms with Crippen molar-refractivity contribution in [3.8, 4) is 11.1 Å². The van der Waals surface area contributed by atoms with Crippen LogP contribution in [0.15, 0.2) is 71.1 Å². The van der Waals surface area contributed by atoms with Crippen molar-refractivity contribution in [2.75, 3.05) is 5.32 Å². The number of rotatable bonds is 5. The predicted octanol–water partition coefficient (Wildman–Crippen LogP) is 4.33. The number of hydrogen-bond donors (Lipinski definition) is 1. The summed E-state index contributed by atoms with van der Waals surface area (Å²) in [6, 6.07) is 17.5. The molecule has 0 aliphatic carbocycles. The fraction of sp³-hybridized carbons (Fsp3) is 0.136. The highest BCUT2D eigenvalue weighted by Crippen LogP contribution is 2.30. The van der Waals surface area contributed by atoms with E-state index in [1.807, 2.05) is 66.9 Å². The Balaban J connectivity index is 1.61. The fourth-order valence-electron chi connectivity index (χ4n) is 3.17. The summed E-state index contributed by atoms with van der Waals surface area (Å²) in [5.74, 6) is -0.246. The lowest BCUT2D eigenvalue weighted by molar-refractivity contribution is -0.116. The first-order valence-corrected chi connectivity index (χ1v) is 9.95. The van der Waals surface area contributed by atoms with E-state index in [4.69, 9.17) is 0 Å². The zero-order valence-electron chi connectivity index (χ0n) is 15.4. The Morgan fingerprint density at radius 2 is 1.86 bits per heavy atom. The molecule has 0 spiro atoms. The van der Waals surface area contributed by atoms with E-state index in [1.54, 1.807) is 0 Å². The number of aromatic nitrogens is 2. The number of aryl methyl sites for hydroxylation is 1. The third-order valence-electron chi connectivity index (χ3n) is 4.62. The van der Waals surface area contributed by atoms with Gasteiger partial charge in [0.05, 0.1) is 11.8 Å². The maximum Gasteiger partial charge on any atom is 0.271 e. The Hall–Kier alpha value is -3.25. The lowest BCUT2D eigenvalue weighted by Crippen LogP contribution is -2.27. The van der Waals surface area contributed by atoms with E-state index in [-0.39, 0.29) is 18.0 Å². The van der Waals surface area contributed by atoms with Gasteiger partial charge in [-0.3, -0.25) is 14.2 Å². The average molecular weight is 389 g/mol. The fourth-order valence-corrected chi connectivity index (χ4v) is 4.15. The summed E-state index contributed by atoms with van der Waals surface area (Å²) >= 11 is 1.36. The smallest absolute Gasteiger partial charge is 0.271 e. The van der Waals surface area contributed by atoms with E-state index in [0.717, 1.165) is 28.8 Å². The monoisotopic (exact) mass is 389 g/mol. The van der Waals surface area contributed by atoms with Crippen LogP contribution in [-0.4, -0.2) is 15.5 Å². The quantitative estimate of drug-likeness (QED) is 0.553. The van der Waals surface area contributed by atoms with Crippen LogP contribution in [0.1, 0.15) is 12.5 Å².